The Hall–Kier alpha value is -5.14. The molecule has 0 saturated heterocycles. The van der Waals surface area contributed by atoms with Crippen molar-refractivity contribution in [3.05, 3.63) is 133 Å². The van der Waals surface area contributed by atoms with Crippen molar-refractivity contribution in [3.63, 3.8) is 0 Å². The summed E-state index contributed by atoms with van der Waals surface area (Å²) >= 11 is 0. The lowest BCUT2D eigenvalue weighted by Crippen LogP contribution is -1.93. The molecule has 1 nitrogen and oxygen atoms in total. The van der Waals surface area contributed by atoms with Crippen LogP contribution in [0.2, 0.25) is 0 Å². The van der Waals surface area contributed by atoms with E-state index in [0.29, 0.717) is 0 Å². The first-order chi connectivity index (χ1) is 20.3. The van der Waals surface area contributed by atoms with Gasteiger partial charge in [-0.1, -0.05) is 103 Å². The number of rotatable bonds is 2. The molecule has 0 aliphatic rings. The number of fused-ring (bicyclic) bond motifs is 12. The molecule has 0 atom stereocenters. The Morgan fingerprint density at radius 2 is 0.951 bits per heavy atom. The van der Waals surface area contributed by atoms with Gasteiger partial charge >= 0.3 is 0 Å². The van der Waals surface area contributed by atoms with Crippen molar-refractivity contribution in [1.29, 1.82) is 0 Å². The van der Waals surface area contributed by atoms with E-state index in [1.54, 1.807) is 0 Å². The molecule has 0 aliphatic carbocycles. The first-order valence-electron chi connectivity index (χ1n) is 14.5. The van der Waals surface area contributed by atoms with Crippen molar-refractivity contribution in [1.82, 2.24) is 4.57 Å². The molecule has 1 heterocycles. The predicted octanol–water partition coefficient (Wildman–Crippen LogP) is 11.2. The highest BCUT2D eigenvalue weighted by atomic mass is 15.0. The van der Waals surface area contributed by atoms with Gasteiger partial charge in [0.1, 0.15) is 0 Å². The zero-order valence-electron chi connectivity index (χ0n) is 22.9. The second kappa shape index (κ2) is 8.43. The number of para-hydroxylation sites is 1. The van der Waals surface area contributed by atoms with Gasteiger partial charge in [-0.05, 0) is 102 Å². The molecule has 0 amide bonds. The highest BCUT2D eigenvalue weighted by molar-refractivity contribution is 6.29. The molecule has 9 aromatic rings. The molecule has 0 spiro atoms. The van der Waals surface area contributed by atoms with Crippen LogP contribution in [0.15, 0.2) is 133 Å². The molecule has 0 N–H and O–H groups in total. The number of aryl methyl sites for hydroxylation is 1. The molecule has 0 unspecified atom stereocenters. The van der Waals surface area contributed by atoms with Gasteiger partial charge < -0.3 is 4.57 Å². The van der Waals surface area contributed by atoms with Gasteiger partial charge in [-0.15, -0.1) is 0 Å². The first kappa shape index (κ1) is 22.7. The fraction of sp³-hybridized carbons (Fsp3) is 0.0500. The summed E-state index contributed by atoms with van der Waals surface area (Å²) in [5.41, 5.74) is 5.16. The minimum absolute atomic E-state index is 0.949. The fourth-order valence-corrected chi connectivity index (χ4v) is 7.30. The molecular weight excluding hydrogens is 494 g/mol. The lowest BCUT2D eigenvalue weighted by Gasteiger charge is -2.15. The molecule has 0 fully saturated rings. The summed E-state index contributed by atoms with van der Waals surface area (Å²) < 4.78 is 2.46. The van der Waals surface area contributed by atoms with Gasteiger partial charge in [0.2, 0.25) is 0 Å². The van der Waals surface area contributed by atoms with Gasteiger partial charge in [-0.2, -0.15) is 0 Å². The van der Waals surface area contributed by atoms with Crippen LogP contribution in [0.5, 0.6) is 0 Å². The summed E-state index contributed by atoms with van der Waals surface area (Å²) in [6.45, 7) is 3.19. The molecule has 9 rings (SSSR count). The molecule has 0 saturated carbocycles. The van der Waals surface area contributed by atoms with E-state index in [1.807, 2.05) is 0 Å². The Morgan fingerprint density at radius 1 is 0.390 bits per heavy atom. The van der Waals surface area contributed by atoms with E-state index >= 15 is 0 Å². The predicted molar refractivity (Wildman–Crippen MR) is 178 cm³/mol. The third kappa shape index (κ3) is 3.12. The van der Waals surface area contributed by atoms with Gasteiger partial charge in [0.15, 0.2) is 0 Å². The van der Waals surface area contributed by atoms with Crippen molar-refractivity contribution in [2.75, 3.05) is 0 Å². The van der Waals surface area contributed by atoms with E-state index in [1.165, 1.54) is 86.8 Å². The van der Waals surface area contributed by atoms with Crippen LogP contribution in [-0.4, -0.2) is 4.57 Å². The van der Waals surface area contributed by atoms with Crippen molar-refractivity contribution in [2.45, 2.75) is 13.5 Å². The molecule has 0 radical (unpaired) electrons. The van der Waals surface area contributed by atoms with Crippen LogP contribution in [0.1, 0.15) is 6.92 Å². The average molecular weight is 522 g/mol. The summed E-state index contributed by atoms with van der Waals surface area (Å²) in [6.07, 6.45) is 0. The molecule has 192 valence electrons. The van der Waals surface area contributed by atoms with E-state index < -0.39 is 0 Å². The maximum Gasteiger partial charge on any atom is 0.0497 e. The molecule has 8 aromatic carbocycles. The van der Waals surface area contributed by atoms with Gasteiger partial charge in [-0.3, -0.25) is 0 Å². The van der Waals surface area contributed by atoms with Crippen molar-refractivity contribution in [3.8, 4) is 11.1 Å². The summed E-state index contributed by atoms with van der Waals surface area (Å²) in [4.78, 5) is 0. The van der Waals surface area contributed by atoms with Crippen LogP contribution >= 0.6 is 0 Å². The Balaban J connectivity index is 1.42. The lowest BCUT2D eigenvalue weighted by atomic mass is 9.89. The minimum Gasteiger partial charge on any atom is -0.341 e. The summed E-state index contributed by atoms with van der Waals surface area (Å²) in [5.74, 6) is 0. The Labute approximate surface area is 237 Å². The van der Waals surface area contributed by atoms with Crippen molar-refractivity contribution in [2.24, 2.45) is 0 Å². The van der Waals surface area contributed by atoms with E-state index in [4.69, 9.17) is 0 Å². The Kier molecular flexibility index (Phi) is 4.66. The van der Waals surface area contributed by atoms with E-state index in [9.17, 15) is 0 Å². The molecule has 1 aromatic heterocycles. The van der Waals surface area contributed by atoms with Crippen LogP contribution in [0.3, 0.4) is 0 Å². The number of aromatic nitrogens is 1. The van der Waals surface area contributed by atoms with E-state index in [2.05, 4.69) is 145 Å². The van der Waals surface area contributed by atoms with Crippen LogP contribution < -0.4 is 0 Å². The first-order valence-corrected chi connectivity index (χ1v) is 14.5. The number of hydrogen-bond acceptors (Lipinski definition) is 0. The summed E-state index contributed by atoms with van der Waals surface area (Å²) in [5, 5.41) is 15.7. The maximum absolute atomic E-state index is 2.46. The van der Waals surface area contributed by atoms with E-state index in [-0.39, 0.29) is 0 Å². The monoisotopic (exact) mass is 521 g/mol. The molecule has 0 bridgehead atoms. The normalized spacial score (nSPS) is 12.1. The smallest absolute Gasteiger partial charge is 0.0497 e. The summed E-state index contributed by atoms with van der Waals surface area (Å²) in [6, 6.07) is 49.7. The molecule has 1 heteroatoms. The van der Waals surface area contributed by atoms with Gasteiger partial charge in [0.05, 0.1) is 0 Å². The highest BCUT2D eigenvalue weighted by Gasteiger charge is 2.16. The SMILES string of the molecule is CCn1c2ccccc2c2cc3c4ccc(-c5cc6ccccc6c6ccccc56)cc4c4ccccc4c3cc21. The van der Waals surface area contributed by atoms with Crippen LogP contribution in [0.4, 0.5) is 0 Å². The van der Waals surface area contributed by atoms with Crippen LogP contribution in [0, 0.1) is 0 Å². The topological polar surface area (TPSA) is 4.93 Å². The molecular formula is C40H27N. The average Bonchev–Trinajstić information content (AvgIpc) is 3.36. The maximum atomic E-state index is 2.46. The standard InChI is InChI=1S/C40H27N/c1-2-41-39-18-10-9-17-33(39)38-23-36-32-20-19-26(22-35(32)30-15-7-8-16-31(30)37(36)24-40(38)41)34-21-25-11-3-4-12-27(25)28-13-5-6-14-29(28)34/h3-24H,2H2,1H3. The zero-order chi connectivity index (χ0) is 27.1. The van der Waals surface area contributed by atoms with Gasteiger partial charge in [-0.25, -0.2) is 0 Å². The fourth-order valence-electron chi connectivity index (χ4n) is 7.30. The second-order valence-corrected chi connectivity index (χ2v) is 11.2. The van der Waals surface area contributed by atoms with Crippen molar-refractivity contribution >= 4 is 75.7 Å². The Morgan fingerprint density at radius 3 is 1.71 bits per heavy atom. The minimum atomic E-state index is 0.949. The zero-order valence-corrected chi connectivity index (χ0v) is 22.9. The summed E-state index contributed by atoms with van der Waals surface area (Å²) in [7, 11) is 0. The second-order valence-electron chi connectivity index (χ2n) is 11.2. The third-order valence-electron chi connectivity index (χ3n) is 9.12. The number of benzene rings is 8. The Bertz CT molecular complexity index is 2510. The highest BCUT2D eigenvalue weighted by Crippen LogP contribution is 2.42. The van der Waals surface area contributed by atoms with Gasteiger partial charge in [0, 0.05) is 28.4 Å². The van der Waals surface area contributed by atoms with Gasteiger partial charge in [0.25, 0.3) is 0 Å². The number of hydrogen-bond donors (Lipinski definition) is 0. The van der Waals surface area contributed by atoms with E-state index in [0.717, 1.165) is 6.54 Å². The lowest BCUT2D eigenvalue weighted by molar-refractivity contribution is 0.827. The number of nitrogens with zero attached hydrogens (tertiary/aromatic N) is 1. The quantitative estimate of drug-likeness (QED) is 0.199. The van der Waals surface area contributed by atoms with Crippen molar-refractivity contribution < 1.29 is 0 Å². The van der Waals surface area contributed by atoms with Crippen LogP contribution in [0.25, 0.3) is 86.8 Å². The third-order valence-corrected chi connectivity index (χ3v) is 9.12. The molecule has 0 aliphatic heterocycles. The largest absolute Gasteiger partial charge is 0.341 e. The van der Waals surface area contributed by atoms with Crippen LogP contribution in [-0.2, 0) is 6.54 Å². The molecule has 41 heavy (non-hydrogen) atoms.